The van der Waals surface area contributed by atoms with E-state index in [0.717, 1.165) is 0 Å². The third kappa shape index (κ3) is 5.93. The third-order valence-electron chi connectivity index (χ3n) is 3.87. The van der Waals surface area contributed by atoms with Gasteiger partial charge in [-0.25, -0.2) is 0 Å². The summed E-state index contributed by atoms with van der Waals surface area (Å²) in [6.07, 6.45) is 0. The van der Waals surface area contributed by atoms with Crippen LogP contribution in [0.15, 0.2) is 84.9 Å². The Morgan fingerprint density at radius 3 is 1.90 bits per heavy atom. The molecule has 0 aliphatic carbocycles. The van der Waals surface area contributed by atoms with Gasteiger partial charge in [0.25, 0.3) is 17.7 Å². The van der Waals surface area contributed by atoms with E-state index in [9.17, 15) is 14.4 Å². The molecule has 3 aromatic carbocycles. The van der Waals surface area contributed by atoms with Crippen LogP contribution < -0.4 is 20.9 Å². The predicted molar refractivity (Wildman–Crippen MR) is 108 cm³/mol. The maximum atomic E-state index is 12.1. The first-order valence-electron chi connectivity index (χ1n) is 8.85. The van der Waals surface area contributed by atoms with E-state index in [-0.39, 0.29) is 12.5 Å². The van der Waals surface area contributed by atoms with Gasteiger partial charge in [-0.2, -0.15) is 0 Å². The van der Waals surface area contributed by atoms with Gasteiger partial charge in [0, 0.05) is 16.8 Å². The molecule has 0 unspecified atom stereocenters. The number of hydrazine groups is 1. The minimum Gasteiger partial charge on any atom is -0.484 e. The number of anilines is 1. The van der Waals surface area contributed by atoms with Crippen LogP contribution in [0.5, 0.6) is 5.75 Å². The zero-order valence-electron chi connectivity index (χ0n) is 15.4. The van der Waals surface area contributed by atoms with Gasteiger partial charge in [-0.15, -0.1) is 0 Å². The number of hydrogen-bond acceptors (Lipinski definition) is 4. The van der Waals surface area contributed by atoms with Crippen molar-refractivity contribution in [2.45, 2.75) is 0 Å². The SMILES string of the molecule is O=C(COc1ccccc1)NNC(=O)c1ccc(NC(=O)c2ccccc2)cc1. The van der Waals surface area contributed by atoms with Gasteiger partial charge in [0.15, 0.2) is 6.61 Å². The van der Waals surface area contributed by atoms with Gasteiger partial charge in [0.1, 0.15) is 5.75 Å². The number of hydrogen-bond donors (Lipinski definition) is 3. The number of ether oxygens (including phenoxy) is 1. The van der Waals surface area contributed by atoms with Crippen molar-refractivity contribution in [3.63, 3.8) is 0 Å². The molecule has 0 atom stereocenters. The zero-order valence-corrected chi connectivity index (χ0v) is 15.4. The lowest BCUT2D eigenvalue weighted by Crippen LogP contribution is -2.43. The van der Waals surface area contributed by atoms with Gasteiger partial charge in [-0.3, -0.25) is 25.2 Å². The molecular weight excluding hydrogens is 370 g/mol. The minimum absolute atomic E-state index is 0.227. The monoisotopic (exact) mass is 389 g/mol. The number of carbonyl (C=O) groups is 3. The highest BCUT2D eigenvalue weighted by atomic mass is 16.5. The van der Waals surface area contributed by atoms with Gasteiger partial charge in [0.2, 0.25) is 0 Å². The molecule has 3 aromatic rings. The van der Waals surface area contributed by atoms with Crippen molar-refractivity contribution in [3.8, 4) is 5.75 Å². The van der Waals surface area contributed by atoms with Crippen molar-refractivity contribution in [2.24, 2.45) is 0 Å². The van der Waals surface area contributed by atoms with Crippen molar-refractivity contribution in [1.82, 2.24) is 10.9 Å². The Balaban J connectivity index is 1.46. The molecule has 0 heterocycles. The van der Waals surface area contributed by atoms with E-state index in [1.165, 1.54) is 0 Å². The lowest BCUT2D eigenvalue weighted by molar-refractivity contribution is -0.123. The van der Waals surface area contributed by atoms with Gasteiger partial charge in [-0.05, 0) is 48.5 Å². The standard InChI is InChI=1S/C22H19N3O4/c26-20(15-29-19-9-5-2-6-10-19)24-25-22(28)17-11-13-18(14-12-17)23-21(27)16-7-3-1-4-8-16/h1-14H,15H2,(H,23,27)(H,24,26)(H,25,28). The van der Waals surface area contributed by atoms with Crippen molar-refractivity contribution < 1.29 is 19.1 Å². The summed E-state index contributed by atoms with van der Waals surface area (Å²) in [6, 6.07) is 24.0. The molecule has 0 bridgehead atoms. The lowest BCUT2D eigenvalue weighted by Gasteiger charge is -2.09. The first-order valence-corrected chi connectivity index (χ1v) is 8.85. The van der Waals surface area contributed by atoms with Gasteiger partial charge in [0.05, 0.1) is 0 Å². The van der Waals surface area contributed by atoms with Gasteiger partial charge >= 0.3 is 0 Å². The van der Waals surface area contributed by atoms with Crippen LogP contribution in [0.25, 0.3) is 0 Å². The summed E-state index contributed by atoms with van der Waals surface area (Å²) < 4.78 is 5.29. The van der Waals surface area contributed by atoms with Crippen LogP contribution in [0.1, 0.15) is 20.7 Å². The highest BCUT2D eigenvalue weighted by Gasteiger charge is 2.09. The van der Waals surface area contributed by atoms with E-state index in [0.29, 0.717) is 22.6 Å². The molecule has 0 radical (unpaired) electrons. The number of benzene rings is 3. The lowest BCUT2D eigenvalue weighted by atomic mass is 10.1. The summed E-state index contributed by atoms with van der Waals surface area (Å²) in [6.45, 7) is -0.227. The number of carbonyl (C=O) groups excluding carboxylic acids is 3. The largest absolute Gasteiger partial charge is 0.484 e. The Labute approximate surface area is 167 Å². The topological polar surface area (TPSA) is 96.5 Å². The Kier molecular flexibility index (Phi) is 6.57. The van der Waals surface area contributed by atoms with Crippen LogP contribution in [0.2, 0.25) is 0 Å². The van der Waals surface area contributed by atoms with E-state index < -0.39 is 11.8 Å². The van der Waals surface area contributed by atoms with Gasteiger partial charge < -0.3 is 10.1 Å². The summed E-state index contributed by atoms with van der Waals surface area (Å²) >= 11 is 0. The van der Waals surface area contributed by atoms with Crippen LogP contribution in [-0.4, -0.2) is 24.3 Å². The molecule has 0 saturated heterocycles. The third-order valence-corrected chi connectivity index (χ3v) is 3.87. The average molecular weight is 389 g/mol. The summed E-state index contributed by atoms with van der Waals surface area (Å²) in [5.41, 5.74) is 6.02. The fraction of sp³-hybridized carbons (Fsp3) is 0.0455. The average Bonchev–Trinajstić information content (AvgIpc) is 2.78. The zero-order chi connectivity index (χ0) is 20.5. The molecule has 0 aliphatic heterocycles. The number of para-hydroxylation sites is 1. The van der Waals surface area contributed by atoms with Crippen LogP contribution in [0.3, 0.4) is 0 Å². The van der Waals surface area contributed by atoms with E-state index in [1.807, 2.05) is 12.1 Å². The molecule has 3 N–H and O–H groups in total. The molecule has 146 valence electrons. The molecule has 7 nitrogen and oxygen atoms in total. The van der Waals surface area contributed by atoms with Crippen molar-refractivity contribution in [1.29, 1.82) is 0 Å². The second-order valence-electron chi connectivity index (χ2n) is 6.00. The molecule has 0 spiro atoms. The summed E-state index contributed by atoms with van der Waals surface area (Å²) in [7, 11) is 0. The van der Waals surface area contributed by atoms with E-state index >= 15 is 0 Å². The quantitative estimate of drug-likeness (QED) is 0.565. The molecule has 3 amide bonds. The smallest absolute Gasteiger partial charge is 0.276 e. The first-order chi connectivity index (χ1) is 14.1. The Bertz CT molecular complexity index is 974. The van der Waals surface area contributed by atoms with Crippen molar-refractivity contribution in [3.05, 3.63) is 96.1 Å². The minimum atomic E-state index is -0.492. The van der Waals surface area contributed by atoms with Crippen molar-refractivity contribution >= 4 is 23.4 Å². The fourth-order valence-corrected chi connectivity index (χ4v) is 2.40. The molecule has 0 saturated carbocycles. The molecule has 7 heteroatoms. The number of nitrogens with one attached hydrogen (secondary N) is 3. The fourth-order valence-electron chi connectivity index (χ4n) is 2.40. The van der Waals surface area contributed by atoms with E-state index in [2.05, 4.69) is 16.2 Å². The van der Waals surface area contributed by atoms with E-state index in [1.54, 1.807) is 72.8 Å². The maximum absolute atomic E-state index is 12.1. The normalized spacial score (nSPS) is 9.93. The first kappa shape index (κ1) is 19.6. The maximum Gasteiger partial charge on any atom is 0.276 e. The molecule has 0 aromatic heterocycles. The second kappa shape index (κ2) is 9.70. The Morgan fingerprint density at radius 1 is 0.655 bits per heavy atom. The summed E-state index contributed by atoms with van der Waals surface area (Å²) in [5, 5.41) is 2.75. The van der Waals surface area contributed by atoms with Crippen LogP contribution in [0.4, 0.5) is 5.69 Å². The molecule has 0 fully saturated rings. The number of amides is 3. The molecule has 3 rings (SSSR count). The van der Waals surface area contributed by atoms with Crippen LogP contribution in [0, 0.1) is 0 Å². The molecular formula is C22H19N3O4. The number of rotatable bonds is 6. The van der Waals surface area contributed by atoms with Gasteiger partial charge in [-0.1, -0.05) is 36.4 Å². The van der Waals surface area contributed by atoms with Crippen LogP contribution in [-0.2, 0) is 4.79 Å². The highest BCUT2D eigenvalue weighted by Crippen LogP contribution is 2.11. The van der Waals surface area contributed by atoms with Crippen molar-refractivity contribution in [2.75, 3.05) is 11.9 Å². The Hall–Kier alpha value is -4.13. The molecule has 0 aliphatic rings. The summed E-state index contributed by atoms with van der Waals surface area (Å²) in [4.78, 5) is 36.0. The molecule has 29 heavy (non-hydrogen) atoms. The van der Waals surface area contributed by atoms with E-state index in [4.69, 9.17) is 4.74 Å². The highest BCUT2D eigenvalue weighted by molar-refractivity contribution is 6.04. The summed E-state index contributed by atoms with van der Waals surface area (Å²) in [5.74, 6) is -0.663. The van der Waals surface area contributed by atoms with Crippen LogP contribution >= 0.6 is 0 Å². The second-order valence-corrected chi connectivity index (χ2v) is 6.00. The predicted octanol–water partition coefficient (Wildman–Crippen LogP) is 2.78. The Morgan fingerprint density at radius 2 is 1.24 bits per heavy atom.